The van der Waals surface area contributed by atoms with Crippen LogP contribution in [-0.4, -0.2) is 18.7 Å². The van der Waals surface area contributed by atoms with Crippen LogP contribution >= 0.6 is 0 Å². The van der Waals surface area contributed by atoms with Crippen molar-refractivity contribution in [2.24, 2.45) is 0 Å². The Bertz CT molecular complexity index is 402. The average Bonchev–Trinajstić information content (AvgIpc) is 2.65. The SMILES string of the molecule is CCNC1CCCCC(c2ccccc2OC(C)C)C1. The van der Waals surface area contributed by atoms with Crippen LogP contribution in [0.2, 0.25) is 0 Å². The Hall–Kier alpha value is -1.02. The van der Waals surface area contributed by atoms with E-state index in [1.165, 1.54) is 37.7 Å². The highest BCUT2D eigenvalue weighted by molar-refractivity contribution is 5.36. The summed E-state index contributed by atoms with van der Waals surface area (Å²) in [6.07, 6.45) is 6.78. The Balaban J connectivity index is 2.16. The van der Waals surface area contributed by atoms with Gasteiger partial charge in [-0.2, -0.15) is 0 Å². The summed E-state index contributed by atoms with van der Waals surface area (Å²) in [5, 5.41) is 3.64. The van der Waals surface area contributed by atoms with E-state index in [9.17, 15) is 0 Å². The Labute approximate surface area is 123 Å². The van der Waals surface area contributed by atoms with Crippen molar-refractivity contribution in [3.63, 3.8) is 0 Å². The first-order valence-corrected chi connectivity index (χ1v) is 8.19. The maximum Gasteiger partial charge on any atom is 0.123 e. The van der Waals surface area contributed by atoms with Gasteiger partial charge in [-0.05, 0) is 57.2 Å². The van der Waals surface area contributed by atoms with Crippen LogP contribution in [0.25, 0.3) is 0 Å². The first-order chi connectivity index (χ1) is 9.70. The molecule has 2 nitrogen and oxygen atoms in total. The highest BCUT2D eigenvalue weighted by Gasteiger charge is 2.23. The van der Waals surface area contributed by atoms with Gasteiger partial charge >= 0.3 is 0 Å². The predicted molar refractivity (Wildman–Crippen MR) is 85.5 cm³/mol. The van der Waals surface area contributed by atoms with Crippen molar-refractivity contribution in [2.45, 2.75) is 70.9 Å². The molecule has 2 unspecified atom stereocenters. The summed E-state index contributed by atoms with van der Waals surface area (Å²) in [7, 11) is 0. The summed E-state index contributed by atoms with van der Waals surface area (Å²) < 4.78 is 6.01. The van der Waals surface area contributed by atoms with E-state index in [0.29, 0.717) is 12.0 Å². The molecular weight excluding hydrogens is 246 g/mol. The lowest BCUT2D eigenvalue weighted by atomic mass is 9.89. The van der Waals surface area contributed by atoms with Gasteiger partial charge in [-0.1, -0.05) is 38.0 Å². The van der Waals surface area contributed by atoms with E-state index in [1.807, 2.05) is 0 Å². The Morgan fingerprint density at radius 3 is 2.70 bits per heavy atom. The van der Waals surface area contributed by atoms with Gasteiger partial charge in [0.2, 0.25) is 0 Å². The zero-order valence-corrected chi connectivity index (χ0v) is 13.2. The summed E-state index contributed by atoms with van der Waals surface area (Å²) in [6, 6.07) is 9.29. The quantitative estimate of drug-likeness (QED) is 0.799. The molecule has 1 N–H and O–H groups in total. The molecular formula is C18H29NO. The molecule has 0 saturated heterocycles. The smallest absolute Gasteiger partial charge is 0.123 e. The number of rotatable bonds is 5. The van der Waals surface area contributed by atoms with Crippen LogP contribution < -0.4 is 10.1 Å². The van der Waals surface area contributed by atoms with Gasteiger partial charge in [0.25, 0.3) is 0 Å². The lowest BCUT2D eigenvalue weighted by Crippen LogP contribution is -2.29. The van der Waals surface area contributed by atoms with Crippen LogP contribution in [0.15, 0.2) is 24.3 Å². The summed E-state index contributed by atoms with van der Waals surface area (Å²) in [6.45, 7) is 7.48. The van der Waals surface area contributed by atoms with Gasteiger partial charge in [0, 0.05) is 6.04 Å². The molecule has 1 saturated carbocycles. The average molecular weight is 275 g/mol. The molecule has 2 heteroatoms. The fourth-order valence-electron chi connectivity index (χ4n) is 3.30. The van der Waals surface area contributed by atoms with Crippen molar-refractivity contribution in [3.05, 3.63) is 29.8 Å². The van der Waals surface area contributed by atoms with E-state index in [1.54, 1.807) is 0 Å². The van der Waals surface area contributed by atoms with E-state index in [-0.39, 0.29) is 6.10 Å². The van der Waals surface area contributed by atoms with Crippen molar-refractivity contribution >= 4 is 0 Å². The molecule has 0 amide bonds. The molecule has 1 aromatic carbocycles. The third-order valence-corrected chi connectivity index (χ3v) is 4.14. The largest absolute Gasteiger partial charge is 0.491 e. The van der Waals surface area contributed by atoms with Crippen molar-refractivity contribution < 1.29 is 4.74 Å². The van der Waals surface area contributed by atoms with Crippen LogP contribution in [0.3, 0.4) is 0 Å². The number of nitrogens with one attached hydrogen (secondary N) is 1. The number of para-hydroxylation sites is 1. The maximum absolute atomic E-state index is 6.01. The Morgan fingerprint density at radius 2 is 1.95 bits per heavy atom. The summed E-state index contributed by atoms with van der Waals surface area (Å²) in [5.41, 5.74) is 1.41. The van der Waals surface area contributed by atoms with Crippen molar-refractivity contribution in [2.75, 3.05) is 6.54 Å². The molecule has 2 rings (SSSR count). The second-order valence-corrected chi connectivity index (χ2v) is 6.18. The van der Waals surface area contributed by atoms with Gasteiger partial charge in [-0.15, -0.1) is 0 Å². The van der Waals surface area contributed by atoms with Crippen molar-refractivity contribution in [1.82, 2.24) is 5.32 Å². The minimum Gasteiger partial charge on any atom is -0.491 e. The molecule has 0 bridgehead atoms. The molecule has 1 aliphatic rings. The number of hydrogen-bond donors (Lipinski definition) is 1. The standard InChI is InChI=1S/C18H29NO/c1-4-19-16-10-6-5-9-15(13-16)17-11-7-8-12-18(17)20-14(2)3/h7-8,11-12,14-16,19H,4-6,9-10,13H2,1-3H3. The van der Waals surface area contributed by atoms with Crippen LogP contribution in [0.4, 0.5) is 0 Å². The fourth-order valence-corrected chi connectivity index (χ4v) is 3.30. The number of hydrogen-bond acceptors (Lipinski definition) is 2. The van der Waals surface area contributed by atoms with Crippen molar-refractivity contribution in [1.29, 1.82) is 0 Å². The predicted octanol–water partition coefficient (Wildman–Crippen LogP) is 4.50. The van der Waals surface area contributed by atoms with E-state index < -0.39 is 0 Å². The highest BCUT2D eigenvalue weighted by Crippen LogP contribution is 2.36. The number of benzene rings is 1. The van der Waals surface area contributed by atoms with Gasteiger partial charge < -0.3 is 10.1 Å². The first-order valence-electron chi connectivity index (χ1n) is 8.19. The summed E-state index contributed by atoms with van der Waals surface area (Å²) in [5.74, 6) is 1.72. The van der Waals surface area contributed by atoms with Crippen molar-refractivity contribution in [3.8, 4) is 5.75 Å². The van der Waals surface area contributed by atoms with Crippen LogP contribution in [0, 0.1) is 0 Å². The molecule has 1 aromatic rings. The van der Waals surface area contributed by atoms with Gasteiger partial charge in [0.15, 0.2) is 0 Å². The Morgan fingerprint density at radius 1 is 1.20 bits per heavy atom. The molecule has 1 fully saturated rings. The fraction of sp³-hybridized carbons (Fsp3) is 0.667. The molecule has 0 heterocycles. The second kappa shape index (κ2) is 7.68. The summed E-state index contributed by atoms with van der Waals surface area (Å²) in [4.78, 5) is 0. The lowest BCUT2D eigenvalue weighted by Gasteiger charge is -2.24. The molecule has 1 aliphatic carbocycles. The monoisotopic (exact) mass is 275 g/mol. The minimum absolute atomic E-state index is 0.242. The Kier molecular flexibility index (Phi) is 5.90. The molecule has 2 atom stereocenters. The minimum atomic E-state index is 0.242. The zero-order valence-electron chi connectivity index (χ0n) is 13.2. The first kappa shape index (κ1) is 15.4. The lowest BCUT2D eigenvalue weighted by molar-refractivity contribution is 0.237. The topological polar surface area (TPSA) is 21.3 Å². The van der Waals surface area contributed by atoms with Crippen LogP contribution in [0.1, 0.15) is 64.4 Å². The second-order valence-electron chi connectivity index (χ2n) is 6.18. The molecule has 0 radical (unpaired) electrons. The maximum atomic E-state index is 6.01. The third-order valence-electron chi connectivity index (χ3n) is 4.14. The van der Waals surface area contributed by atoms with E-state index in [0.717, 1.165) is 12.3 Å². The van der Waals surface area contributed by atoms with Gasteiger partial charge in [0.1, 0.15) is 5.75 Å². The highest BCUT2D eigenvalue weighted by atomic mass is 16.5. The van der Waals surface area contributed by atoms with E-state index in [4.69, 9.17) is 4.74 Å². The third kappa shape index (κ3) is 4.24. The van der Waals surface area contributed by atoms with Gasteiger partial charge in [0.05, 0.1) is 6.10 Å². The van der Waals surface area contributed by atoms with Crippen LogP contribution in [-0.2, 0) is 0 Å². The van der Waals surface area contributed by atoms with Crippen LogP contribution in [0.5, 0.6) is 5.75 Å². The normalized spacial score (nSPS) is 23.6. The van der Waals surface area contributed by atoms with Gasteiger partial charge in [-0.3, -0.25) is 0 Å². The molecule has 20 heavy (non-hydrogen) atoms. The van der Waals surface area contributed by atoms with E-state index in [2.05, 4.69) is 50.4 Å². The zero-order chi connectivity index (χ0) is 14.4. The molecule has 0 spiro atoms. The molecule has 0 aromatic heterocycles. The molecule has 112 valence electrons. The summed E-state index contributed by atoms with van der Waals surface area (Å²) >= 11 is 0. The molecule has 0 aliphatic heterocycles. The number of ether oxygens (including phenoxy) is 1. The van der Waals surface area contributed by atoms with E-state index >= 15 is 0 Å². The van der Waals surface area contributed by atoms with Gasteiger partial charge in [-0.25, -0.2) is 0 Å².